The Morgan fingerprint density at radius 2 is 2.25 bits per heavy atom. The van der Waals surface area contributed by atoms with Crippen LogP contribution in [0.5, 0.6) is 0 Å². The number of sulfonamides is 1. The summed E-state index contributed by atoms with van der Waals surface area (Å²) in [5.41, 5.74) is -0.216. The largest absolute Gasteiger partial charge is 0.310 e. The van der Waals surface area contributed by atoms with Gasteiger partial charge in [0.1, 0.15) is 8.42 Å². The maximum Gasteiger partial charge on any atom is 0.247 e. The van der Waals surface area contributed by atoms with Gasteiger partial charge in [-0.2, -0.15) is 0 Å². The van der Waals surface area contributed by atoms with Crippen LogP contribution in [0.4, 0.5) is 0 Å². The van der Waals surface area contributed by atoms with Gasteiger partial charge >= 0.3 is 0 Å². The molecule has 0 saturated carbocycles. The molecule has 6 nitrogen and oxygen atoms in total. The van der Waals surface area contributed by atoms with Crippen molar-refractivity contribution < 1.29 is 20.9 Å². The third kappa shape index (κ3) is 3.02. The minimum atomic E-state index is -4.15. The molecule has 0 saturated heterocycles. The molecule has 0 spiro atoms. The summed E-state index contributed by atoms with van der Waals surface area (Å²) in [6.07, 6.45) is -2.45. The van der Waals surface area contributed by atoms with E-state index in [1.807, 2.05) is 0 Å². The second-order valence-electron chi connectivity index (χ2n) is 4.05. The van der Waals surface area contributed by atoms with Crippen molar-refractivity contribution in [1.29, 1.82) is 0 Å². The summed E-state index contributed by atoms with van der Waals surface area (Å²) in [4.78, 5) is 0. The number of fused-ring (bicyclic) bond motifs is 1. The summed E-state index contributed by atoms with van der Waals surface area (Å²) in [5.74, 6) is 0. The smallest absolute Gasteiger partial charge is 0.247 e. The lowest BCUT2D eigenvalue weighted by Gasteiger charge is -2.27. The van der Waals surface area contributed by atoms with Crippen molar-refractivity contribution >= 4 is 43.6 Å². The zero-order valence-electron chi connectivity index (χ0n) is 13.7. The highest BCUT2D eigenvalue weighted by Gasteiger charge is 2.39. The summed E-state index contributed by atoms with van der Waals surface area (Å²) < 4.78 is 71.9. The molecule has 0 fully saturated rings. The highest BCUT2D eigenvalue weighted by molar-refractivity contribution is 7.95. The van der Waals surface area contributed by atoms with E-state index in [0.29, 0.717) is 11.3 Å². The van der Waals surface area contributed by atoms with Gasteiger partial charge in [0.05, 0.1) is 6.62 Å². The van der Waals surface area contributed by atoms with Crippen molar-refractivity contribution in [1.82, 2.24) is 5.32 Å². The average molecular weight is 364 g/mol. The topological polar surface area (TPSA) is 106 Å². The van der Waals surface area contributed by atoms with E-state index >= 15 is 0 Å². The fourth-order valence-electron chi connectivity index (χ4n) is 1.72. The van der Waals surface area contributed by atoms with Gasteiger partial charge in [-0.3, -0.25) is 0 Å². The Morgan fingerprint density at radius 3 is 2.75 bits per heavy atom. The lowest BCUT2D eigenvalue weighted by molar-refractivity contribution is 0.477. The first-order chi connectivity index (χ1) is 9.80. The molecule has 0 aromatic carbocycles. The molecule has 20 heavy (non-hydrogen) atoms. The van der Waals surface area contributed by atoms with E-state index in [1.54, 1.807) is 6.92 Å². The average Bonchev–Trinajstić information content (AvgIpc) is 2.82. The van der Waals surface area contributed by atoms with Crippen LogP contribution < -0.4 is 10.5 Å². The molecule has 2 atom stereocenters. The normalized spacial score (nSPS) is 33.1. The van der Waals surface area contributed by atoms with Crippen molar-refractivity contribution in [2.45, 2.75) is 39.9 Å². The maximum absolute atomic E-state index is 12.5. The molecular formula is C10H17ClN2O4S3. The molecule has 10 heteroatoms. The lowest BCUT2D eigenvalue weighted by Crippen LogP contribution is -2.33. The van der Waals surface area contributed by atoms with Crippen LogP contribution in [0.2, 0.25) is 0 Å². The Morgan fingerprint density at radius 1 is 1.65 bits per heavy atom. The van der Waals surface area contributed by atoms with Crippen LogP contribution in [0.1, 0.15) is 35.9 Å². The van der Waals surface area contributed by atoms with Gasteiger partial charge in [0.15, 0.2) is 9.84 Å². The first-order valence-corrected chi connectivity index (χ1v) is 9.37. The fourth-order valence-corrected chi connectivity index (χ4v) is 5.73. The van der Waals surface area contributed by atoms with Crippen LogP contribution >= 0.6 is 23.7 Å². The van der Waals surface area contributed by atoms with E-state index in [-0.39, 0.29) is 28.7 Å². The monoisotopic (exact) mass is 363 g/mol. The molecule has 0 radical (unpaired) electrons. The predicted molar refractivity (Wildman–Crippen MR) is 80.6 cm³/mol. The summed E-state index contributed by atoms with van der Waals surface area (Å²) in [6.45, 7) is 3.03. The van der Waals surface area contributed by atoms with Gasteiger partial charge in [-0.15, -0.1) is 23.7 Å². The molecule has 2 heterocycles. The summed E-state index contributed by atoms with van der Waals surface area (Å²) >= 11 is 0.454. The van der Waals surface area contributed by atoms with Gasteiger partial charge in [0.25, 0.3) is 0 Å². The molecule has 1 aliphatic rings. The number of rotatable bonds is 3. The van der Waals surface area contributed by atoms with E-state index in [1.165, 1.54) is 6.92 Å². The highest BCUT2D eigenvalue weighted by atomic mass is 35.5. The molecule has 1 aromatic rings. The SMILES string of the molecule is Cl.[2H]C1([2H])[C@H](C)S(=O)(=O)c2sc(S(N)(=O)=O)cc2[C@@]1([2H])NCC. The van der Waals surface area contributed by atoms with Crippen LogP contribution in [0, 0.1) is 0 Å². The van der Waals surface area contributed by atoms with Gasteiger partial charge in [-0.1, -0.05) is 6.92 Å². The Labute approximate surface area is 133 Å². The molecule has 2 rings (SSSR count). The van der Waals surface area contributed by atoms with Gasteiger partial charge in [-0.05, 0) is 25.9 Å². The number of nitrogens with one attached hydrogen (secondary N) is 1. The van der Waals surface area contributed by atoms with E-state index in [2.05, 4.69) is 5.32 Å². The van der Waals surface area contributed by atoms with Crippen LogP contribution in [-0.4, -0.2) is 28.6 Å². The predicted octanol–water partition coefficient (Wildman–Crippen LogP) is 1.03. The zero-order valence-corrected chi connectivity index (χ0v) is 14.0. The van der Waals surface area contributed by atoms with E-state index in [4.69, 9.17) is 9.25 Å². The Balaban J connectivity index is 0.00000264. The van der Waals surface area contributed by atoms with Crippen molar-refractivity contribution in [3.63, 3.8) is 0 Å². The second-order valence-corrected chi connectivity index (χ2v) is 9.35. The Hall–Kier alpha value is -0.190. The summed E-state index contributed by atoms with van der Waals surface area (Å²) in [7, 11) is -8.24. The number of thiophene rings is 1. The third-order valence-electron chi connectivity index (χ3n) is 2.65. The zero-order chi connectivity index (χ0) is 17.1. The lowest BCUT2D eigenvalue weighted by atomic mass is 10.1. The van der Waals surface area contributed by atoms with E-state index in [9.17, 15) is 16.8 Å². The molecule has 0 unspecified atom stereocenters. The molecule has 3 N–H and O–H groups in total. The third-order valence-corrected chi connectivity index (χ3v) is 7.73. The maximum atomic E-state index is 12.5. The number of nitrogens with two attached hydrogens (primary N) is 1. The number of halogens is 1. The minimum Gasteiger partial charge on any atom is -0.310 e. The fraction of sp³-hybridized carbons (Fsp3) is 0.600. The number of hydrogen-bond donors (Lipinski definition) is 2. The van der Waals surface area contributed by atoms with Crippen molar-refractivity contribution in [3.05, 3.63) is 11.6 Å². The van der Waals surface area contributed by atoms with Gasteiger partial charge in [0.2, 0.25) is 10.0 Å². The van der Waals surface area contributed by atoms with Gasteiger partial charge in [-0.25, -0.2) is 22.0 Å². The standard InChI is InChI=1S/C10H16N2O4S3.ClH/c1-3-12-8-4-6(2)18(13,14)10-7(8)5-9(17-10)19(11,15)16;/h5-6,8,12H,3-4H2,1-2H3,(H2,11,15,16);1H/t6-,8-;/m0./s1/i4D2,8D;. The van der Waals surface area contributed by atoms with Crippen molar-refractivity contribution in [2.75, 3.05) is 6.54 Å². The van der Waals surface area contributed by atoms with Crippen LogP contribution in [0.15, 0.2) is 14.5 Å². The molecule has 0 bridgehead atoms. The molecular weight excluding hydrogens is 344 g/mol. The number of hydrogen-bond acceptors (Lipinski definition) is 6. The highest BCUT2D eigenvalue weighted by Crippen LogP contribution is 2.42. The molecule has 1 aromatic heterocycles. The quantitative estimate of drug-likeness (QED) is 0.834. The van der Waals surface area contributed by atoms with Gasteiger partial charge in [0, 0.05) is 14.3 Å². The number of primary sulfonamides is 1. The first kappa shape index (κ1) is 13.5. The molecule has 0 aliphatic carbocycles. The van der Waals surface area contributed by atoms with Crippen LogP contribution in [-0.2, 0) is 19.9 Å². The Bertz CT molecular complexity index is 824. The second kappa shape index (κ2) is 5.90. The van der Waals surface area contributed by atoms with Crippen molar-refractivity contribution in [2.24, 2.45) is 5.14 Å². The molecule has 116 valence electrons. The van der Waals surface area contributed by atoms with Crippen LogP contribution in [0.25, 0.3) is 0 Å². The number of sulfone groups is 1. The Kier molecular flexibility index (Phi) is 3.97. The van der Waals surface area contributed by atoms with Crippen LogP contribution in [0.3, 0.4) is 0 Å². The first-order valence-electron chi connectivity index (χ1n) is 6.96. The van der Waals surface area contributed by atoms with Crippen molar-refractivity contribution in [3.8, 4) is 0 Å². The van der Waals surface area contributed by atoms with E-state index < -0.39 is 41.7 Å². The summed E-state index contributed by atoms with van der Waals surface area (Å²) in [6, 6.07) is -1.10. The van der Waals surface area contributed by atoms with E-state index in [0.717, 1.165) is 6.07 Å². The molecule has 1 aliphatic heterocycles. The summed E-state index contributed by atoms with van der Waals surface area (Å²) in [5, 5.41) is 6.17. The van der Waals surface area contributed by atoms with Gasteiger partial charge < -0.3 is 5.32 Å². The molecule has 0 amide bonds. The minimum absolute atomic E-state index is 0.